The van der Waals surface area contributed by atoms with Crippen molar-refractivity contribution in [2.75, 3.05) is 11.9 Å². The van der Waals surface area contributed by atoms with Crippen molar-refractivity contribution in [2.45, 2.75) is 27.7 Å². The Morgan fingerprint density at radius 1 is 1.14 bits per heavy atom. The van der Waals surface area contributed by atoms with Crippen LogP contribution in [0.5, 0.6) is 0 Å². The standard InChI is InChI=1S/C21H21N3O4S/c1-12-5-7-16(8-6-12)24-13(2)9-17(14(24)3)19(26)10-28-20(27)18-11-29-21(23-18)22-15(4)25/h5-9,11H,10H2,1-4H3,(H,22,23,25). The van der Waals surface area contributed by atoms with Gasteiger partial charge in [-0.2, -0.15) is 0 Å². The zero-order valence-electron chi connectivity index (χ0n) is 16.6. The van der Waals surface area contributed by atoms with Crippen molar-refractivity contribution in [1.29, 1.82) is 0 Å². The Hall–Kier alpha value is -3.26. The third-order valence-corrected chi connectivity index (χ3v) is 5.11. The first kappa shape index (κ1) is 20.5. The topological polar surface area (TPSA) is 90.3 Å². The molecule has 0 saturated heterocycles. The van der Waals surface area contributed by atoms with Crippen LogP contribution in [0.15, 0.2) is 35.7 Å². The minimum Gasteiger partial charge on any atom is -0.453 e. The number of Topliss-reactive ketones (excluding diaryl/α,β-unsaturated/α-hetero) is 1. The number of esters is 1. The molecule has 0 radical (unpaired) electrons. The summed E-state index contributed by atoms with van der Waals surface area (Å²) < 4.78 is 7.12. The molecule has 1 amide bonds. The van der Waals surface area contributed by atoms with Gasteiger partial charge in [0.2, 0.25) is 11.7 Å². The lowest BCUT2D eigenvalue weighted by Crippen LogP contribution is -2.15. The van der Waals surface area contributed by atoms with Crippen LogP contribution >= 0.6 is 11.3 Å². The van der Waals surface area contributed by atoms with E-state index in [1.54, 1.807) is 6.07 Å². The number of thiazole rings is 1. The number of hydrogen-bond donors (Lipinski definition) is 1. The Balaban J connectivity index is 1.70. The highest BCUT2D eigenvalue weighted by Gasteiger charge is 2.20. The van der Waals surface area contributed by atoms with E-state index < -0.39 is 5.97 Å². The van der Waals surface area contributed by atoms with E-state index in [9.17, 15) is 14.4 Å². The van der Waals surface area contributed by atoms with E-state index in [0.717, 1.165) is 34.0 Å². The van der Waals surface area contributed by atoms with Gasteiger partial charge in [-0.15, -0.1) is 11.3 Å². The second-order valence-electron chi connectivity index (χ2n) is 6.67. The highest BCUT2D eigenvalue weighted by molar-refractivity contribution is 7.14. The summed E-state index contributed by atoms with van der Waals surface area (Å²) in [5, 5.41) is 4.27. The molecule has 0 atom stereocenters. The molecule has 0 aliphatic carbocycles. The Morgan fingerprint density at radius 2 is 1.83 bits per heavy atom. The Bertz CT molecular complexity index is 1080. The third-order valence-electron chi connectivity index (χ3n) is 4.35. The molecule has 7 nitrogen and oxygen atoms in total. The van der Waals surface area contributed by atoms with E-state index in [-0.39, 0.29) is 24.0 Å². The lowest BCUT2D eigenvalue weighted by molar-refractivity contribution is -0.114. The smallest absolute Gasteiger partial charge is 0.358 e. The molecule has 3 aromatic rings. The molecule has 0 saturated carbocycles. The van der Waals surface area contributed by atoms with Crippen molar-refractivity contribution in [3.05, 3.63) is 63.9 Å². The Morgan fingerprint density at radius 3 is 2.48 bits per heavy atom. The van der Waals surface area contributed by atoms with E-state index >= 15 is 0 Å². The van der Waals surface area contributed by atoms with Crippen molar-refractivity contribution in [3.63, 3.8) is 0 Å². The first-order chi connectivity index (χ1) is 13.8. The molecule has 0 bridgehead atoms. The predicted molar refractivity (Wildman–Crippen MR) is 111 cm³/mol. The van der Waals surface area contributed by atoms with Gasteiger partial charge in [0.15, 0.2) is 17.4 Å². The average Bonchev–Trinajstić information content (AvgIpc) is 3.24. The second kappa shape index (κ2) is 8.40. The van der Waals surface area contributed by atoms with Crippen molar-refractivity contribution >= 4 is 34.1 Å². The fourth-order valence-electron chi connectivity index (χ4n) is 2.99. The first-order valence-electron chi connectivity index (χ1n) is 8.95. The predicted octanol–water partition coefficient (Wildman–Crippen LogP) is 3.86. The number of nitrogens with one attached hydrogen (secondary N) is 1. The molecule has 0 fully saturated rings. The van der Waals surface area contributed by atoms with E-state index in [2.05, 4.69) is 10.3 Å². The number of amides is 1. The quantitative estimate of drug-likeness (QED) is 0.491. The zero-order valence-corrected chi connectivity index (χ0v) is 17.4. The van der Waals surface area contributed by atoms with Gasteiger partial charge < -0.3 is 14.6 Å². The van der Waals surface area contributed by atoms with Crippen molar-refractivity contribution in [2.24, 2.45) is 0 Å². The SMILES string of the molecule is CC(=O)Nc1nc(C(=O)OCC(=O)c2cc(C)n(-c3ccc(C)cc3)c2C)cs1. The third kappa shape index (κ3) is 4.60. The molecular formula is C21H21N3O4S. The van der Waals surface area contributed by atoms with Crippen LogP contribution < -0.4 is 5.32 Å². The number of aryl methyl sites for hydroxylation is 2. The highest BCUT2D eigenvalue weighted by Crippen LogP contribution is 2.22. The van der Waals surface area contributed by atoms with Gasteiger partial charge in [0.25, 0.3) is 0 Å². The largest absolute Gasteiger partial charge is 0.453 e. The molecule has 2 heterocycles. The molecule has 3 rings (SSSR count). The van der Waals surface area contributed by atoms with Gasteiger partial charge in [-0.05, 0) is 39.0 Å². The van der Waals surface area contributed by atoms with Crippen LogP contribution in [0.2, 0.25) is 0 Å². The van der Waals surface area contributed by atoms with Crippen LogP contribution in [0.4, 0.5) is 5.13 Å². The fourth-order valence-corrected chi connectivity index (χ4v) is 3.72. The van der Waals surface area contributed by atoms with Crippen LogP contribution in [0, 0.1) is 20.8 Å². The van der Waals surface area contributed by atoms with Gasteiger partial charge >= 0.3 is 5.97 Å². The molecule has 0 unspecified atom stereocenters. The molecule has 0 spiro atoms. The number of nitrogens with zero attached hydrogens (tertiary/aromatic N) is 2. The normalized spacial score (nSPS) is 10.6. The summed E-state index contributed by atoms with van der Waals surface area (Å²) in [6, 6.07) is 9.82. The number of aromatic nitrogens is 2. The number of hydrogen-bond acceptors (Lipinski definition) is 6. The molecule has 150 valence electrons. The first-order valence-corrected chi connectivity index (χ1v) is 9.83. The maximum atomic E-state index is 12.6. The van der Waals surface area contributed by atoms with Crippen LogP contribution in [0.3, 0.4) is 0 Å². The van der Waals surface area contributed by atoms with Gasteiger partial charge in [-0.3, -0.25) is 9.59 Å². The van der Waals surface area contributed by atoms with E-state index in [4.69, 9.17) is 4.74 Å². The van der Waals surface area contributed by atoms with Gasteiger partial charge in [-0.25, -0.2) is 9.78 Å². The van der Waals surface area contributed by atoms with E-state index in [0.29, 0.717) is 10.7 Å². The fraction of sp³-hybridized carbons (Fsp3) is 0.238. The van der Waals surface area contributed by atoms with Crippen molar-refractivity contribution < 1.29 is 19.1 Å². The average molecular weight is 411 g/mol. The van der Waals surface area contributed by atoms with Crippen LogP contribution in [-0.2, 0) is 9.53 Å². The lowest BCUT2D eigenvalue weighted by atomic mass is 10.1. The maximum Gasteiger partial charge on any atom is 0.358 e. The zero-order chi connectivity index (χ0) is 21.1. The van der Waals surface area contributed by atoms with Crippen molar-refractivity contribution in [1.82, 2.24) is 9.55 Å². The van der Waals surface area contributed by atoms with E-state index in [1.165, 1.54) is 12.3 Å². The molecule has 0 aliphatic heterocycles. The summed E-state index contributed by atoms with van der Waals surface area (Å²) in [5.41, 5.74) is 4.39. The molecule has 29 heavy (non-hydrogen) atoms. The minimum atomic E-state index is -0.710. The van der Waals surface area contributed by atoms with Crippen LogP contribution in [-0.4, -0.2) is 33.8 Å². The maximum absolute atomic E-state index is 12.6. The summed E-state index contributed by atoms with van der Waals surface area (Å²) in [6.07, 6.45) is 0. The van der Waals surface area contributed by atoms with Gasteiger partial charge in [0.1, 0.15) is 0 Å². The summed E-state index contributed by atoms with van der Waals surface area (Å²) >= 11 is 1.11. The Kier molecular flexibility index (Phi) is 5.93. The van der Waals surface area contributed by atoms with Gasteiger partial charge in [0, 0.05) is 34.9 Å². The summed E-state index contributed by atoms with van der Waals surface area (Å²) in [7, 11) is 0. The molecule has 0 aliphatic rings. The Labute approximate surface area is 172 Å². The molecule has 1 N–H and O–H groups in total. The highest BCUT2D eigenvalue weighted by atomic mass is 32.1. The number of benzene rings is 1. The molecule has 1 aromatic carbocycles. The van der Waals surface area contributed by atoms with Gasteiger partial charge in [-0.1, -0.05) is 17.7 Å². The summed E-state index contributed by atoms with van der Waals surface area (Å²) in [5.74, 6) is -1.28. The van der Waals surface area contributed by atoms with Crippen LogP contribution in [0.25, 0.3) is 5.69 Å². The number of carbonyl (C=O) groups excluding carboxylic acids is 3. The number of carbonyl (C=O) groups is 3. The van der Waals surface area contributed by atoms with Gasteiger partial charge in [0.05, 0.1) is 0 Å². The summed E-state index contributed by atoms with van der Waals surface area (Å²) in [6.45, 7) is 6.77. The second-order valence-corrected chi connectivity index (χ2v) is 7.53. The van der Waals surface area contributed by atoms with Crippen LogP contribution in [0.1, 0.15) is 44.7 Å². The number of rotatable bonds is 6. The lowest BCUT2D eigenvalue weighted by Gasteiger charge is -2.10. The number of ether oxygens (including phenoxy) is 1. The molecule has 2 aromatic heterocycles. The molecule has 8 heteroatoms. The van der Waals surface area contributed by atoms with Crippen molar-refractivity contribution in [3.8, 4) is 5.69 Å². The monoisotopic (exact) mass is 411 g/mol. The van der Waals surface area contributed by atoms with E-state index in [1.807, 2.05) is 49.6 Å². The number of ketones is 1. The number of anilines is 1. The molecular weight excluding hydrogens is 390 g/mol. The minimum absolute atomic E-state index is 0.0525. The summed E-state index contributed by atoms with van der Waals surface area (Å²) in [4.78, 5) is 39.8.